The van der Waals surface area contributed by atoms with E-state index in [-0.39, 0.29) is 25.0 Å². The molecule has 1 heterocycles. The Labute approximate surface area is 156 Å². The van der Waals surface area contributed by atoms with Crippen LogP contribution in [0.15, 0.2) is 42.5 Å². The van der Waals surface area contributed by atoms with E-state index in [9.17, 15) is 9.59 Å². The summed E-state index contributed by atoms with van der Waals surface area (Å²) in [5, 5.41) is 0.802. The van der Waals surface area contributed by atoms with Gasteiger partial charge in [0.1, 0.15) is 0 Å². The Bertz CT molecular complexity index is 802. The second-order valence-corrected chi connectivity index (χ2v) is 6.80. The summed E-state index contributed by atoms with van der Waals surface area (Å²) in [6.45, 7) is 1.67. The van der Waals surface area contributed by atoms with Gasteiger partial charge in [0.05, 0.1) is 6.42 Å². The Morgan fingerprint density at radius 2 is 1.80 bits per heavy atom. The molecule has 4 nitrogen and oxygen atoms in total. The predicted molar refractivity (Wildman–Crippen MR) is 98.2 cm³/mol. The molecule has 0 saturated heterocycles. The fraction of sp³-hybridized carbons (Fsp3) is 0.263. The van der Waals surface area contributed by atoms with Gasteiger partial charge in [-0.25, -0.2) is 0 Å². The molecule has 1 atom stereocenters. The van der Waals surface area contributed by atoms with E-state index in [0.717, 1.165) is 17.7 Å². The summed E-state index contributed by atoms with van der Waals surface area (Å²) >= 11 is 12.1. The second kappa shape index (κ2) is 7.46. The van der Waals surface area contributed by atoms with Crippen molar-refractivity contribution < 1.29 is 14.3 Å². The van der Waals surface area contributed by atoms with Gasteiger partial charge in [-0.1, -0.05) is 47.5 Å². The maximum absolute atomic E-state index is 12.5. The lowest BCUT2D eigenvalue weighted by Gasteiger charge is -2.22. The third-order valence-corrected chi connectivity index (χ3v) is 4.92. The Hall–Kier alpha value is -2.04. The zero-order chi connectivity index (χ0) is 18.0. The van der Waals surface area contributed by atoms with Gasteiger partial charge in [0.15, 0.2) is 6.61 Å². The molecule has 0 saturated carbocycles. The molecule has 0 spiro atoms. The SMILES string of the molecule is C[C@@H]1Cc2ccccc2N1C(=O)COC(=O)Cc1c(Cl)cccc1Cl. The maximum Gasteiger partial charge on any atom is 0.310 e. The summed E-state index contributed by atoms with van der Waals surface area (Å²) in [6, 6.07) is 12.8. The minimum Gasteiger partial charge on any atom is -0.455 e. The van der Waals surface area contributed by atoms with Crippen LogP contribution in [0.25, 0.3) is 0 Å². The van der Waals surface area contributed by atoms with E-state index in [1.807, 2.05) is 31.2 Å². The first kappa shape index (κ1) is 17.8. The molecule has 130 valence electrons. The van der Waals surface area contributed by atoms with Gasteiger partial charge in [-0.3, -0.25) is 9.59 Å². The van der Waals surface area contributed by atoms with Gasteiger partial charge in [0.25, 0.3) is 5.91 Å². The normalized spacial score (nSPS) is 15.8. The molecule has 6 heteroatoms. The quantitative estimate of drug-likeness (QED) is 0.754. The number of esters is 1. The van der Waals surface area contributed by atoms with Crippen LogP contribution in [0.2, 0.25) is 10.0 Å². The highest BCUT2D eigenvalue weighted by Gasteiger charge is 2.31. The van der Waals surface area contributed by atoms with E-state index >= 15 is 0 Å². The molecule has 0 fully saturated rings. The van der Waals surface area contributed by atoms with E-state index in [0.29, 0.717) is 15.6 Å². The first-order valence-corrected chi connectivity index (χ1v) is 8.71. The minimum absolute atomic E-state index is 0.0432. The topological polar surface area (TPSA) is 46.6 Å². The van der Waals surface area contributed by atoms with Crippen molar-refractivity contribution in [3.8, 4) is 0 Å². The van der Waals surface area contributed by atoms with Crippen LogP contribution in [-0.2, 0) is 27.2 Å². The van der Waals surface area contributed by atoms with E-state index in [2.05, 4.69) is 0 Å². The zero-order valence-electron chi connectivity index (χ0n) is 13.7. The van der Waals surface area contributed by atoms with Gasteiger partial charge in [0.2, 0.25) is 0 Å². The van der Waals surface area contributed by atoms with Crippen molar-refractivity contribution in [2.45, 2.75) is 25.8 Å². The summed E-state index contributed by atoms with van der Waals surface area (Å²) in [6.07, 6.45) is 0.725. The predicted octanol–water partition coefficient (Wildman–Crippen LogP) is 4.06. The Kier molecular flexibility index (Phi) is 5.30. The average molecular weight is 378 g/mol. The minimum atomic E-state index is -0.538. The number of fused-ring (bicyclic) bond motifs is 1. The van der Waals surface area contributed by atoms with Crippen LogP contribution >= 0.6 is 23.2 Å². The molecule has 0 aromatic heterocycles. The smallest absolute Gasteiger partial charge is 0.310 e. The first-order valence-electron chi connectivity index (χ1n) is 7.96. The fourth-order valence-corrected chi connectivity index (χ4v) is 3.59. The third-order valence-electron chi connectivity index (χ3n) is 4.22. The summed E-state index contributed by atoms with van der Waals surface area (Å²) in [4.78, 5) is 26.2. The lowest BCUT2D eigenvalue weighted by molar-refractivity contribution is -0.147. The number of hydrogen-bond acceptors (Lipinski definition) is 3. The van der Waals surface area contributed by atoms with Crippen molar-refractivity contribution in [3.63, 3.8) is 0 Å². The van der Waals surface area contributed by atoms with E-state index in [1.165, 1.54) is 0 Å². The molecule has 0 N–H and O–H groups in total. The first-order chi connectivity index (χ1) is 12.0. The molecular formula is C19H17Cl2NO3. The third kappa shape index (κ3) is 3.80. The number of carbonyl (C=O) groups excluding carboxylic acids is 2. The molecule has 1 aliphatic rings. The van der Waals surface area contributed by atoms with Gasteiger partial charge in [0, 0.05) is 27.3 Å². The van der Waals surface area contributed by atoms with Gasteiger partial charge in [-0.2, -0.15) is 0 Å². The molecule has 0 bridgehead atoms. The van der Waals surface area contributed by atoms with Gasteiger partial charge in [-0.15, -0.1) is 0 Å². The molecular weight excluding hydrogens is 361 g/mol. The van der Waals surface area contributed by atoms with Gasteiger partial charge < -0.3 is 9.64 Å². The molecule has 1 aliphatic heterocycles. The molecule has 2 aromatic rings. The van der Waals surface area contributed by atoms with Gasteiger partial charge >= 0.3 is 5.97 Å². The summed E-state index contributed by atoms with van der Waals surface area (Å²) in [5.41, 5.74) is 2.51. The average Bonchev–Trinajstić information content (AvgIpc) is 2.92. The number of amides is 1. The molecule has 1 amide bonds. The summed E-state index contributed by atoms with van der Waals surface area (Å²) in [7, 11) is 0. The molecule has 2 aromatic carbocycles. The van der Waals surface area contributed by atoms with Crippen LogP contribution in [0.5, 0.6) is 0 Å². The summed E-state index contributed by atoms with van der Waals surface area (Å²) in [5.74, 6) is -0.778. The molecule has 0 unspecified atom stereocenters. The molecule has 25 heavy (non-hydrogen) atoms. The number of rotatable bonds is 4. The zero-order valence-corrected chi connectivity index (χ0v) is 15.2. The molecule has 0 aliphatic carbocycles. The number of nitrogens with zero attached hydrogens (tertiary/aromatic N) is 1. The molecule has 0 radical (unpaired) electrons. The standard InChI is InChI=1S/C19H17Cl2NO3/c1-12-9-13-5-2-3-8-17(13)22(12)18(23)11-25-19(24)10-14-15(20)6-4-7-16(14)21/h2-8,12H,9-11H2,1H3/t12-/m1/s1. The Morgan fingerprint density at radius 1 is 1.12 bits per heavy atom. The van der Waals surface area contributed by atoms with Crippen molar-refractivity contribution in [2.24, 2.45) is 0 Å². The van der Waals surface area contributed by atoms with Crippen LogP contribution in [0, 0.1) is 0 Å². The maximum atomic E-state index is 12.5. The number of carbonyl (C=O) groups is 2. The Morgan fingerprint density at radius 3 is 2.52 bits per heavy atom. The highest BCUT2D eigenvalue weighted by Crippen LogP contribution is 2.31. The Balaban J connectivity index is 1.62. The highest BCUT2D eigenvalue weighted by atomic mass is 35.5. The van der Waals surface area contributed by atoms with E-state index < -0.39 is 5.97 Å². The van der Waals surface area contributed by atoms with Crippen molar-refractivity contribution >= 4 is 40.8 Å². The van der Waals surface area contributed by atoms with Crippen LogP contribution in [0.3, 0.4) is 0 Å². The van der Waals surface area contributed by atoms with Crippen molar-refractivity contribution in [2.75, 3.05) is 11.5 Å². The van der Waals surface area contributed by atoms with E-state index in [4.69, 9.17) is 27.9 Å². The van der Waals surface area contributed by atoms with Crippen molar-refractivity contribution in [1.29, 1.82) is 0 Å². The number of halogens is 2. The highest BCUT2D eigenvalue weighted by molar-refractivity contribution is 6.36. The monoisotopic (exact) mass is 377 g/mol. The number of anilines is 1. The summed E-state index contributed by atoms with van der Waals surface area (Å²) < 4.78 is 5.15. The lowest BCUT2D eigenvalue weighted by Crippen LogP contribution is -2.38. The lowest BCUT2D eigenvalue weighted by atomic mass is 10.1. The van der Waals surface area contributed by atoms with Crippen molar-refractivity contribution in [1.82, 2.24) is 0 Å². The largest absolute Gasteiger partial charge is 0.455 e. The number of ether oxygens (including phenoxy) is 1. The molecule has 3 rings (SSSR count). The number of hydrogen-bond donors (Lipinski definition) is 0. The van der Waals surface area contributed by atoms with Crippen LogP contribution in [0.4, 0.5) is 5.69 Å². The number of benzene rings is 2. The van der Waals surface area contributed by atoms with Gasteiger partial charge in [-0.05, 0) is 37.1 Å². The fourth-order valence-electron chi connectivity index (χ4n) is 3.05. The van der Waals surface area contributed by atoms with Crippen LogP contribution < -0.4 is 4.90 Å². The second-order valence-electron chi connectivity index (χ2n) is 5.98. The van der Waals surface area contributed by atoms with Crippen LogP contribution in [-0.4, -0.2) is 24.5 Å². The van der Waals surface area contributed by atoms with Crippen molar-refractivity contribution in [3.05, 3.63) is 63.6 Å². The number of para-hydroxylation sites is 1. The van der Waals surface area contributed by atoms with E-state index in [1.54, 1.807) is 23.1 Å². The van der Waals surface area contributed by atoms with Crippen LogP contribution in [0.1, 0.15) is 18.1 Å².